The van der Waals surface area contributed by atoms with Gasteiger partial charge in [-0.15, -0.1) is 11.8 Å². The number of nitrogens with zero attached hydrogens (tertiary/aromatic N) is 1. The summed E-state index contributed by atoms with van der Waals surface area (Å²) in [6.45, 7) is 7.36. The molecule has 2 N–H and O–H groups in total. The van der Waals surface area contributed by atoms with Gasteiger partial charge in [-0.3, -0.25) is 9.59 Å². The number of hydrogen-bond acceptors (Lipinski definition) is 6. The highest BCUT2D eigenvalue weighted by Crippen LogP contribution is 2.52. The topological polar surface area (TPSA) is 83.7 Å². The van der Waals surface area contributed by atoms with E-state index in [2.05, 4.69) is 15.2 Å². The lowest BCUT2D eigenvalue weighted by Gasteiger charge is -2.38. The second-order valence-electron chi connectivity index (χ2n) is 10.7. The van der Waals surface area contributed by atoms with Gasteiger partial charge in [0.1, 0.15) is 0 Å². The number of carbonyl (C=O) groups is 1. The molecule has 0 spiro atoms. The Balaban J connectivity index is 1.27. The first-order chi connectivity index (χ1) is 17.9. The van der Waals surface area contributed by atoms with Gasteiger partial charge in [0.15, 0.2) is 11.5 Å². The largest absolute Gasteiger partial charge is 0.448 e. The zero-order valence-corrected chi connectivity index (χ0v) is 23.5. The van der Waals surface area contributed by atoms with Gasteiger partial charge >= 0.3 is 0 Å². The number of aromatic nitrogens is 1. The van der Waals surface area contributed by atoms with Gasteiger partial charge in [0.05, 0.1) is 5.02 Å². The lowest BCUT2D eigenvalue weighted by atomic mass is 9.89. The number of hydrogen-bond donors (Lipinski definition) is 2. The van der Waals surface area contributed by atoms with Gasteiger partial charge in [-0.2, -0.15) is 0 Å². The van der Waals surface area contributed by atoms with E-state index in [1.54, 1.807) is 13.0 Å². The van der Waals surface area contributed by atoms with Gasteiger partial charge in [0.25, 0.3) is 23.2 Å². The highest BCUT2D eigenvalue weighted by Gasteiger charge is 2.57. The Morgan fingerprint density at radius 2 is 1.89 bits per heavy atom. The highest BCUT2D eigenvalue weighted by molar-refractivity contribution is 7.98. The molecule has 1 unspecified atom stereocenters. The molecule has 2 atom stereocenters. The molecule has 1 aliphatic carbocycles. The second kappa shape index (κ2) is 10.0. The number of thioether (sulfide) groups is 1. The van der Waals surface area contributed by atoms with E-state index < -0.39 is 17.6 Å². The minimum absolute atomic E-state index is 0.0138. The van der Waals surface area contributed by atoms with E-state index in [4.69, 9.17) is 21.1 Å². The van der Waals surface area contributed by atoms with Crippen LogP contribution in [-0.4, -0.2) is 53.4 Å². The second-order valence-corrected chi connectivity index (χ2v) is 11.9. The SMILES string of the molecule is CSc1cc(C)[nH]c(=O)c1CNC(=O)c1cc(Cl)c2c(c1C)O[C@](C)(C1CCN(CC3CC3(F)F)CC1)O2. The standard InChI is InChI=1S/C27H32ClF2N3O4S/c1-14-9-21(38-4)19(25(35)32-14)12-31-24(34)18-10-20(28)23-22(15(18)2)36-26(3,37-23)16-5-7-33(8-6-16)13-17-11-27(17,29)30/h9-10,16-17H,5-8,11-13H2,1-4H3,(H,31,34)(H,32,35)/t17?,26-/m0/s1. The normalized spacial score (nSPS) is 24.4. The summed E-state index contributed by atoms with van der Waals surface area (Å²) < 4.78 is 39.3. The van der Waals surface area contributed by atoms with Crippen molar-refractivity contribution in [1.29, 1.82) is 0 Å². The number of nitrogens with one attached hydrogen (secondary N) is 2. The lowest BCUT2D eigenvalue weighted by molar-refractivity contribution is -0.125. The average molecular weight is 568 g/mol. The first kappa shape index (κ1) is 27.3. The number of carbonyl (C=O) groups excluding carboxylic acids is 1. The third kappa shape index (κ3) is 5.14. The third-order valence-electron chi connectivity index (χ3n) is 7.93. The highest BCUT2D eigenvalue weighted by atomic mass is 35.5. The first-order valence-electron chi connectivity index (χ1n) is 12.8. The van der Waals surface area contributed by atoms with Gasteiger partial charge in [-0.1, -0.05) is 11.6 Å². The number of rotatable bonds is 7. The number of likely N-dealkylation sites (tertiary alicyclic amines) is 1. The minimum Gasteiger partial charge on any atom is -0.448 e. The quantitative estimate of drug-likeness (QED) is 0.450. The average Bonchev–Trinajstić information content (AvgIpc) is 3.28. The fraction of sp³-hybridized carbons (Fsp3) is 0.556. The minimum atomic E-state index is -2.51. The molecule has 2 aromatic rings. The maximum atomic E-state index is 13.3. The molecule has 3 aliphatic rings. The molecule has 1 saturated heterocycles. The predicted molar refractivity (Wildman–Crippen MR) is 143 cm³/mol. The van der Waals surface area contributed by atoms with Crippen LogP contribution in [0.1, 0.15) is 53.4 Å². The van der Waals surface area contributed by atoms with Crippen LogP contribution in [0.5, 0.6) is 11.5 Å². The molecule has 2 aliphatic heterocycles. The maximum absolute atomic E-state index is 13.3. The van der Waals surface area contributed by atoms with Gasteiger partial charge in [-0.05, 0) is 58.2 Å². The summed E-state index contributed by atoms with van der Waals surface area (Å²) in [5, 5.41) is 3.11. The van der Waals surface area contributed by atoms with E-state index in [9.17, 15) is 18.4 Å². The number of halogens is 3. The summed E-state index contributed by atoms with van der Waals surface area (Å²) in [6.07, 6.45) is 3.36. The third-order valence-corrected chi connectivity index (χ3v) is 9.02. The van der Waals surface area contributed by atoms with E-state index in [1.807, 2.05) is 26.2 Å². The van der Waals surface area contributed by atoms with Crippen LogP contribution >= 0.6 is 23.4 Å². The molecule has 3 heterocycles. The molecule has 1 aromatic heterocycles. The number of amides is 1. The number of aryl methyl sites for hydroxylation is 1. The van der Waals surface area contributed by atoms with E-state index in [1.165, 1.54) is 11.8 Å². The molecule has 206 valence electrons. The molecule has 1 aromatic carbocycles. The number of piperidine rings is 1. The van der Waals surface area contributed by atoms with Crippen molar-refractivity contribution >= 4 is 29.3 Å². The Hall–Kier alpha value is -2.30. The Morgan fingerprint density at radius 1 is 1.24 bits per heavy atom. The molecule has 5 rings (SSSR count). The van der Waals surface area contributed by atoms with E-state index in [0.717, 1.165) is 23.4 Å². The van der Waals surface area contributed by atoms with Crippen LogP contribution < -0.4 is 20.3 Å². The number of fused-ring (bicyclic) bond motifs is 1. The van der Waals surface area contributed by atoms with Crippen LogP contribution in [0.15, 0.2) is 21.8 Å². The van der Waals surface area contributed by atoms with Gasteiger partial charge < -0.3 is 24.7 Å². The Kier molecular flexibility index (Phi) is 7.19. The maximum Gasteiger partial charge on any atom is 0.254 e. The molecule has 1 saturated carbocycles. The number of pyridine rings is 1. The van der Waals surface area contributed by atoms with Crippen molar-refractivity contribution in [1.82, 2.24) is 15.2 Å². The predicted octanol–water partition coefficient (Wildman–Crippen LogP) is 5.15. The first-order valence-corrected chi connectivity index (χ1v) is 14.4. The number of aromatic amines is 1. The molecule has 1 amide bonds. The molecule has 0 radical (unpaired) electrons. The molecule has 2 fully saturated rings. The fourth-order valence-electron chi connectivity index (χ4n) is 5.47. The van der Waals surface area contributed by atoms with Crippen LogP contribution in [-0.2, 0) is 6.54 Å². The van der Waals surface area contributed by atoms with Gasteiger partial charge in [0, 0.05) is 65.5 Å². The van der Waals surface area contributed by atoms with Crippen molar-refractivity contribution in [3.63, 3.8) is 0 Å². The number of H-pyrrole nitrogens is 1. The summed E-state index contributed by atoms with van der Waals surface area (Å²) in [4.78, 5) is 31.3. The van der Waals surface area contributed by atoms with E-state index in [-0.39, 0.29) is 35.4 Å². The van der Waals surface area contributed by atoms with Crippen molar-refractivity contribution < 1.29 is 23.0 Å². The smallest absolute Gasteiger partial charge is 0.254 e. The zero-order chi connectivity index (χ0) is 27.4. The monoisotopic (exact) mass is 567 g/mol. The van der Waals surface area contributed by atoms with Crippen LogP contribution in [0, 0.1) is 25.7 Å². The lowest BCUT2D eigenvalue weighted by Crippen LogP contribution is -2.49. The Labute approximate surface area is 229 Å². The number of alkyl halides is 2. The fourth-order valence-corrected chi connectivity index (χ4v) is 6.41. The molecule has 38 heavy (non-hydrogen) atoms. The summed E-state index contributed by atoms with van der Waals surface area (Å²) >= 11 is 8.00. The summed E-state index contributed by atoms with van der Waals surface area (Å²) in [6, 6.07) is 3.44. The van der Waals surface area contributed by atoms with Gasteiger partial charge in [-0.25, -0.2) is 8.78 Å². The van der Waals surface area contributed by atoms with Crippen LogP contribution in [0.25, 0.3) is 0 Å². The zero-order valence-electron chi connectivity index (χ0n) is 21.9. The molecule has 7 nitrogen and oxygen atoms in total. The van der Waals surface area contributed by atoms with Crippen molar-refractivity contribution in [2.24, 2.45) is 11.8 Å². The van der Waals surface area contributed by atoms with Crippen molar-refractivity contribution in [3.05, 3.63) is 49.9 Å². The molecule has 0 bridgehead atoms. The van der Waals surface area contributed by atoms with E-state index >= 15 is 0 Å². The summed E-state index contributed by atoms with van der Waals surface area (Å²) in [5.41, 5.74) is 1.96. The molecular formula is C27H32ClF2N3O4S. The van der Waals surface area contributed by atoms with Crippen LogP contribution in [0.4, 0.5) is 8.78 Å². The Morgan fingerprint density at radius 3 is 2.53 bits per heavy atom. The molecule has 11 heteroatoms. The van der Waals surface area contributed by atoms with Crippen LogP contribution in [0.2, 0.25) is 5.02 Å². The number of ether oxygens (including phenoxy) is 2. The summed E-state index contributed by atoms with van der Waals surface area (Å²) in [5.74, 6) is -3.50. The molecular weight excluding hydrogens is 536 g/mol. The van der Waals surface area contributed by atoms with Crippen molar-refractivity contribution in [2.75, 3.05) is 25.9 Å². The van der Waals surface area contributed by atoms with Crippen molar-refractivity contribution in [3.8, 4) is 11.5 Å². The Bertz CT molecular complexity index is 1330. The van der Waals surface area contributed by atoms with Crippen molar-refractivity contribution in [2.45, 2.75) is 63.2 Å². The summed E-state index contributed by atoms with van der Waals surface area (Å²) in [7, 11) is 0. The number of benzene rings is 1. The van der Waals surface area contributed by atoms with E-state index in [0.29, 0.717) is 47.8 Å². The van der Waals surface area contributed by atoms with Crippen LogP contribution in [0.3, 0.4) is 0 Å². The van der Waals surface area contributed by atoms with Gasteiger partial charge in [0.2, 0.25) is 0 Å².